The molecular weight excluding hydrogens is 593 g/mol. The van der Waals surface area contributed by atoms with E-state index in [1.165, 1.54) is 66.6 Å². The number of fused-ring (bicyclic) bond motifs is 7. The highest BCUT2D eigenvalue weighted by Crippen LogP contribution is 2.53. The first-order valence-electron chi connectivity index (χ1n) is 17.3. The van der Waals surface area contributed by atoms with E-state index < -0.39 is 0 Å². The largest absolute Gasteiger partial charge is 0.316 e. The predicted molar refractivity (Wildman–Crippen MR) is 211 cm³/mol. The van der Waals surface area contributed by atoms with Gasteiger partial charge in [-0.2, -0.15) is 0 Å². The molecule has 1 aliphatic carbocycles. The van der Waals surface area contributed by atoms with Crippen molar-refractivity contribution in [3.8, 4) is 27.9 Å². The Kier molecular flexibility index (Phi) is 7.45. The number of aromatic nitrogens is 1. The second-order valence-corrected chi connectivity index (χ2v) is 13.1. The van der Waals surface area contributed by atoms with E-state index >= 15 is 0 Å². The fraction of sp³-hybridized carbons (Fsp3) is 0.106. The lowest BCUT2D eigenvalue weighted by Gasteiger charge is -2.31. The number of hydrogen-bond acceptors (Lipinski definition) is 1. The molecule has 2 aliphatic rings. The van der Waals surface area contributed by atoms with Crippen molar-refractivity contribution < 1.29 is 0 Å². The summed E-state index contributed by atoms with van der Waals surface area (Å²) in [6.07, 6.45) is 8.52. The third-order valence-corrected chi connectivity index (χ3v) is 10.1. The van der Waals surface area contributed by atoms with E-state index in [9.17, 15) is 0 Å². The molecule has 0 N–H and O–H groups in total. The van der Waals surface area contributed by atoms with E-state index in [0.717, 1.165) is 16.8 Å². The fourth-order valence-electron chi connectivity index (χ4n) is 7.90. The lowest BCUT2D eigenvalue weighted by atomic mass is 9.81. The highest BCUT2D eigenvalue weighted by atomic mass is 15.1. The van der Waals surface area contributed by atoms with Gasteiger partial charge in [0.25, 0.3) is 0 Å². The molecule has 2 heterocycles. The molecule has 1 aromatic heterocycles. The van der Waals surface area contributed by atoms with E-state index in [1.807, 2.05) is 13.8 Å². The quantitative estimate of drug-likeness (QED) is 0.188. The summed E-state index contributed by atoms with van der Waals surface area (Å²) in [4.78, 5) is 2.36. The van der Waals surface area contributed by atoms with Crippen LogP contribution in [0.25, 0.3) is 55.3 Å². The van der Waals surface area contributed by atoms with E-state index in [2.05, 4.69) is 188 Å². The number of benzene rings is 6. The average Bonchev–Trinajstić information content (AvgIpc) is 3.60. The van der Waals surface area contributed by atoms with Gasteiger partial charge < -0.3 is 9.47 Å². The molecule has 2 heteroatoms. The zero-order valence-electron chi connectivity index (χ0n) is 28.6. The van der Waals surface area contributed by atoms with Gasteiger partial charge >= 0.3 is 0 Å². The highest BCUT2D eigenvalue weighted by Gasteiger charge is 2.38. The van der Waals surface area contributed by atoms with Gasteiger partial charge in [-0.05, 0) is 93.6 Å². The van der Waals surface area contributed by atoms with Crippen molar-refractivity contribution in [1.29, 1.82) is 0 Å². The molecule has 238 valence electrons. The molecule has 0 radical (unpaired) electrons. The smallest absolute Gasteiger partial charge is 0.0541 e. The number of hydrogen-bond donors (Lipinski definition) is 0. The van der Waals surface area contributed by atoms with Crippen molar-refractivity contribution in [2.24, 2.45) is 0 Å². The lowest BCUT2D eigenvalue weighted by Crippen LogP contribution is -2.21. The first-order valence-corrected chi connectivity index (χ1v) is 17.3. The normalized spacial score (nSPS) is 15.4. The molecule has 0 amide bonds. The second kappa shape index (κ2) is 12.0. The van der Waals surface area contributed by atoms with Crippen LogP contribution in [0, 0.1) is 0 Å². The van der Waals surface area contributed by atoms with Crippen LogP contribution in [0.2, 0.25) is 0 Å². The Hall–Kier alpha value is -5.86. The zero-order valence-corrected chi connectivity index (χ0v) is 28.6. The second-order valence-electron chi connectivity index (χ2n) is 13.1. The van der Waals surface area contributed by atoms with Crippen LogP contribution in [-0.2, 0) is 5.41 Å². The molecular formula is C47H40N2. The maximum atomic E-state index is 4.53. The fourth-order valence-corrected chi connectivity index (χ4v) is 7.90. The van der Waals surface area contributed by atoms with Crippen LogP contribution in [0.4, 0.5) is 11.4 Å². The average molecular weight is 633 g/mol. The Morgan fingerprint density at radius 3 is 2.10 bits per heavy atom. The number of rotatable bonds is 3. The Morgan fingerprint density at radius 1 is 0.551 bits per heavy atom. The van der Waals surface area contributed by atoms with Crippen LogP contribution >= 0.6 is 0 Å². The Bertz CT molecular complexity index is 2450. The Balaban J connectivity index is 0.00000171. The maximum Gasteiger partial charge on any atom is 0.0541 e. The molecule has 9 rings (SSSR count). The first-order chi connectivity index (χ1) is 24.0. The third-order valence-electron chi connectivity index (χ3n) is 10.1. The van der Waals surface area contributed by atoms with Gasteiger partial charge in [-0.3, -0.25) is 0 Å². The number of anilines is 2. The van der Waals surface area contributed by atoms with Crippen molar-refractivity contribution in [3.63, 3.8) is 0 Å². The first kappa shape index (κ1) is 30.5. The van der Waals surface area contributed by atoms with E-state index in [-0.39, 0.29) is 5.41 Å². The molecule has 6 aromatic carbocycles. The van der Waals surface area contributed by atoms with E-state index in [1.54, 1.807) is 0 Å². The zero-order chi connectivity index (χ0) is 33.7. The van der Waals surface area contributed by atoms with Gasteiger partial charge in [-0.1, -0.05) is 131 Å². The molecule has 0 spiro atoms. The van der Waals surface area contributed by atoms with Crippen molar-refractivity contribution >= 4 is 38.8 Å². The molecule has 7 aromatic rings. The van der Waals surface area contributed by atoms with Gasteiger partial charge in [0, 0.05) is 33.6 Å². The molecule has 0 bridgehead atoms. The Morgan fingerprint density at radius 2 is 1.24 bits per heavy atom. The van der Waals surface area contributed by atoms with Gasteiger partial charge in [0.1, 0.15) is 0 Å². The molecule has 0 saturated heterocycles. The summed E-state index contributed by atoms with van der Waals surface area (Å²) in [6.45, 7) is 13.2. The standard InChI is InChI=1S/C45H34N2.C2H6/c1-30-14-11-12-27-46(43-22-13-19-36-34-17-7-9-20-39(34)45(2,3)44(36)43)40-25-23-31(28-37(30)40)32-24-26-42-38(29-32)35-18-8-10-21-41(35)47(42)33-15-5-4-6-16-33;1-2/h4-29H,1H2,2-3H3;1-2H3/b14-11-,27-12-;. The predicted octanol–water partition coefficient (Wildman–Crippen LogP) is 13.0. The summed E-state index contributed by atoms with van der Waals surface area (Å²) < 4.78 is 2.36. The van der Waals surface area contributed by atoms with Gasteiger partial charge in [-0.15, -0.1) is 0 Å². The summed E-state index contributed by atoms with van der Waals surface area (Å²) in [5, 5.41) is 2.50. The summed E-state index contributed by atoms with van der Waals surface area (Å²) in [6, 6.07) is 48.6. The van der Waals surface area contributed by atoms with Gasteiger partial charge in [-0.25, -0.2) is 0 Å². The number of para-hydroxylation sites is 2. The summed E-state index contributed by atoms with van der Waals surface area (Å²) >= 11 is 0. The van der Waals surface area contributed by atoms with E-state index in [4.69, 9.17) is 0 Å². The van der Waals surface area contributed by atoms with E-state index in [0.29, 0.717) is 0 Å². The van der Waals surface area contributed by atoms with Crippen LogP contribution < -0.4 is 4.90 Å². The summed E-state index contributed by atoms with van der Waals surface area (Å²) in [5.74, 6) is 0. The number of allylic oxidation sites excluding steroid dienone is 4. The lowest BCUT2D eigenvalue weighted by molar-refractivity contribution is 0.660. The minimum absolute atomic E-state index is 0.125. The molecule has 1 aliphatic heterocycles. The van der Waals surface area contributed by atoms with Crippen molar-refractivity contribution in [2.75, 3.05) is 4.90 Å². The molecule has 0 atom stereocenters. The minimum atomic E-state index is -0.125. The SMILES string of the molecule is C=C1/C=C\C=C/N(c2cccc3c2C(C)(C)c2ccccc2-3)c2ccc(-c3ccc4c(c3)c3ccccc3n4-c3ccccc3)cc21.CC. The van der Waals surface area contributed by atoms with Gasteiger partial charge in [0.05, 0.1) is 22.4 Å². The maximum absolute atomic E-state index is 4.53. The Labute approximate surface area is 289 Å². The molecule has 0 unspecified atom stereocenters. The van der Waals surface area contributed by atoms with Crippen molar-refractivity contribution in [3.05, 3.63) is 181 Å². The summed E-state index contributed by atoms with van der Waals surface area (Å²) in [7, 11) is 0. The van der Waals surface area contributed by atoms with Gasteiger partial charge in [0.2, 0.25) is 0 Å². The molecule has 0 fully saturated rings. The van der Waals surface area contributed by atoms with Crippen LogP contribution in [0.15, 0.2) is 164 Å². The van der Waals surface area contributed by atoms with Crippen LogP contribution in [0.5, 0.6) is 0 Å². The van der Waals surface area contributed by atoms with Crippen LogP contribution in [0.3, 0.4) is 0 Å². The monoisotopic (exact) mass is 632 g/mol. The minimum Gasteiger partial charge on any atom is -0.316 e. The number of nitrogens with zero attached hydrogens (tertiary/aromatic N) is 2. The van der Waals surface area contributed by atoms with Crippen LogP contribution in [-0.4, -0.2) is 4.57 Å². The molecule has 49 heavy (non-hydrogen) atoms. The topological polar surface area (TPSA) is 8.17 Å². The highest BCUT2D eigenvalue weighted by molar-refractivity contribution is 6.10. The summed E-state index contributed by atoms with van der Waals surface area (Å²) in [5.41, 5.74) is 15.6. The van der Waals surface area contributed by atoms with Gasteiger partial charge in [0.15, 0.2) is 0 Å². The van der Waals surface area contributed by atoms with Crippen molar-refractivity contribution in [1.82, 2.24) is 4.57 Å². The van der Waals surface area contributed by atoms with Crippen molar-refractivity contribution in [2.45, 2.75) is 33.1 Å². The third kappa shape index (κ3) is 4.78. The molecule has 2 nitrogen and oxygen atoms in total. The van der Waals surface area contributed by atoms with Crippen LogP contribution in [0.1, 0.15) is 44.4 Å². The molecule has 0 saturated carbocycles.